The molecular weight excluding hydrogens is 431 g/mol. The van der Waals surface area contributed by atoms with Crippen LogP contribution in [0.2, 0.25) is 5.02 Å². The zero-order valence-electron chi connectivity index (χ0n) is 15.0. The van der Waals surface area contributed by atoms with Gasteiger partial charge in [0.05, 0.1) is 16.7 Å². The van der Waals surface area contributed by atoms with Gasteiger partial charge in [0.25, 0.3) is 0 Å². The van der Waals surface area contributed by atoms with Gasteiger partial charge in [0, 0.05) is 17.5 Å². The minimum Gasteiger partial charge on any atom is -0.491 e. The molecule has 3 aromatic rings. The van der Waals surface area contributed by atoms with E-state index in [2.05, 4.69) is 10.2 Å². The number of halogens is 4. The van der Waals surface area contributed by atoms with E-state index in [0.717, 1.165) is 28.4 Å². The SMILES string of the molecule is CC(=O)c1ccc(OC[C@H](O)CSc2nnc3c(Cl)cc(C(F)(F)F)cn23)cc1. The predicted molar refractivity (Wildman–Crippen MR) is 102 cm³/mol. The van der Waals surface area contributed by atoms with Crippen molar-refractivity contribution in [3.8, 4) is 5.75 Å². The number of Topliss-reactive ketones (excluding diaryl/α,β-unsaturated/α-hetero) is 1. The Morgan fingerprint density at radius 3 is 2.62 bits per heavy atom. The highest BCUT2D eigenvalue weighted by Gasteiger charge is 2.32. The molecule has 2 heterocycles. The lowest BCUT2D eigenvalue weighted by molar-refractivity contribution is -0.137. The van der Waals surface area contributed by atoms with Crippen molar-refractivity contribution in [3.63, 3.8) is 0 Å². The molecule has 1 aromatic carbocycles. The third kappa shape index (κ3) is 5.20. The third-order valence-electron chi connectivity index (χ3n) is 3.86. The normalized spacial score (nSPS) is 12.9. The molecule has 29 heavy (non-hydrogen) atoms. The third-order valence-corrected chi connectivity index (χ3v) is 5.23. The Morgan fingerprint density at radius 1 is 1.31 bits per heavy atom. The van der Waals surface area contributed by atoms with Crippen LogP contribution in [0.25, 0.3) is 5.65 Å². The second-order valence-corrected chi connectivity index (χ2v) is 7.50. The zero-order chi connectivity index (χ0) is 21.2. The molecule has 0 fully saturated rings. The van der Waals surface area contributed by atoms with Crippen molar-refractivity contribution < 1.29 is 27.8 Å². The fourth-order valence-electron chi connectivity index (χ4n) is 2.38. The molecule has 0 saturated heterocycles. The second kappa shape index (κ2) is 8.60. The highest BCUT2D eigenvalue weighted by Crippen LogP contribution is 2.33. The standard InChI is InChI=1S/C18H15ClF3N3O3S/c1-10(26)11-2-4-14(5-3-11)28-8-13(27)9-29-17-24-23-16-15(19)6-12(7-25(16)17)18(20,21)22/h2-7,13,27H,8-9H2,1H3/t13-/m0/s1. The predicted octanol–water partition coefficient (Wildman–Crippen LogP) is 4.14. The van der Waals surface area contributed by atoms with Crippen LogP contribution in [0, 0.1) is 0 Å². The average Bonchev–Trinajstić information content (AvgIpc) is 3.08. The first kappa shape index (κ1) is 21.4. The lowest BCUT2D eigenvalue weighted by atomic mass is 10.1. The van der Waals surface area contributed by atoms with Crippen LogP contribution in [0.4, 0.5) is 13.2 Å². The first-order valence-corrected chi connectivity index (χ1v) is 9.67. The molecule has 1 N–H and O–H groups in total. The number of ether oxygens (including phenoxy) is 1. The van der Waals surface area contributed by atoms with E-state index in [9.17, 15) is 23.1 Å². The van der Waals surface area contributed by atoms with E-state index >= 15 is 0 Å². The van der Waals surface area contributed by atoms with Crippen LogP contribution in [-0.4, -0.2) is 44.0 Å². The number of pyridine rings is 1. The molecule has 1 atom stereocenters. The molecule has 11 heteroatoms. The average molecular weight is 446 g/mol. The molecule has 6 nitrogen and oxygen atoms in total. The minimum atomic E-state index is -4.56. The number of aliphatic hydroxyl groups is 1. The van der Waals surface area contributed by atoms with E-state index in [1.807, 2.05) is 0 Å². The molecule has 0 amide bonds. The number of hydrogen-bond acceptors (Lipinski definition) is 6. The van der Waals surface area contributed by atoms with Gasteiger partial charge in [-0.25, -0.2) is 0 Å². The van der Waals surface area contributed by atoms with E-state index in [1.54, 1.807) is 24.3 Å². The summed E-state index contributed by atoms with van der Waals surface area (Å²) in [6, 6.07) is 7.25. The number of rotatable bonds is 7. The first-order chi connectivity index (χ1) is 13.6. The number of alkyl halides is 3. The van der Waals surface area contributed by atoms with Gasteiger partial charge in [0.15, 0.2) is 16.6 Å². The van der Waals surface area contributed by atoms with Crippen LogP contribution in [0.15, 0.2) is 41.7 Å². The smallest absolute Gasteiger partial charge is 0.417 e. The number of fused-ring (bicyclic) bond motifs is 1. The number of carbonyl (C=O) groups excluding carboxylic acids is 1. The summed E-state index contributed by atoms with van der Waals surface area (Å²) in [5.41, 5.74) is -0.281. The van der Waals surface area contributed by atoms with E-state index in [1.165, 1.54) is 6.92 Å². The Morgan fingerprint density at radius 2 is 2.00 bits per heavy atom. The highest BCUT2D eigenvalue weighted by atomic mass is 35.5. The van der Waals surface area contributed by atoms with Crippen LogP contribution >= 0.6 is 23.4 Å². The summed E-state index contributed by atoms with van der Waals surface area (Å²) in [6.45, 7) is 1.41. The van der Waals surface area contributed by atoms with Crippen molar-refractivity contribution in [1.29, 1.82) is 0 Å². The van der Waals surface area contributed by atoms with Crippen molar-refractivity contribution in [1.82, 2.24) is 14.6 Å². The summed E-state index contributed by atoms with van der Waals surface area (Å²) in [7, 11) is 0. The van der Waals surface area contributed by atoms with E-state index in [-0.39, 0.29) is 34.0 Å². The van der Waals surface area contributed by atoms with Crippen molar-refractivity contribution in [2.24, 2.45) is 0 Å². The first-order valence-electron chi connectivity index (χ1n) is 8.31. The van der Waals surface area contributed by atoms with Crippen molar-refractivity contribution >= 4 is 34.8 Å². The number of carbonyl (C=O) groups is 1. The summed E-state index contributed by atoms with van der Waals surface area (Å²) in [4.78, 5) is 11.2. The quantitative estimate of drug-likeness (QED) is 0.435. The molecule has 2 aromatic heterocycles. The van der Waals surface area contributed by atoms with Gasteiger partial charge in [0.1, 0.15) is 12.4 Å². The fraction of sp³-hybridized carbons (Fsp3) is 0.278. The number of ketones is 1. The van der Waals surface area contributed by atoms with Crippen molar-refractivity contribution in [2.75, 3.05) is 12.4 Å². The number of aromatic nitrogens is 3. The van der Waals surface area contributed by atoms with Crippen LogP contribution in [0.1, 0.15) is 22.8 Å². The fourth-order valence-corrected chi connectivity index (χ4v) is 3.45. The van der Waals surface area contributed by atoms with Crippen LogP contribution in [-0.2, 0) is 6.18 Å². The van der Waals surface area contributed by atoms with Gasteiger partial charge in [-0.1, -0.05) is 23.4 Å². The Bertz CT molecular complexity index is 1020. The van der Waals surface area contributed by atoms with E-state index in [4.69, 9.17) is 16.3 Å². The van der Waals surface area contributed by atoms with Crippen LogP contribution in [0.5, 0.6) is 5.75 Å². The van der Waals surface area contributed by atoms with Gasteiger partial charge in [-0.3, -0.25) is 9.20 Å². The molecule has 0 unspecified atom stereocenters. The van der Waals surface area contributed by atoms with E-state index in [0.29, 0.717) is 11.3 Å². The molecule has 0 saturated carbocycles. The van der Waals surface area contributed by atoms with Gasteiger partial charge in [-0.2, -0.15) is 13.2 Å². The Kier molecular flexibility index (Phi) is 6.35. The van der Waals surface area contributed by atoms with Crippen LogP contribution in [0.3, 0.4) is 0 Å². The summed E-state index contributed by atoms with van der Waals surface area (Å²) in [5.74, 6) is 0.524. The molecule has 154 valence electrons. The molecular formula is C18H15ClF3N3O3S. The zero-order valence-corrected chi connectivity index (χ0v) is 16.6. The van der Waals surface area contributed by atoms with Gasteiger partial charge in [-0.15, -0.1) is 10.2 Å². The maximum atomic E-state index is 13.0. The maximum absolute atomic E-state index is 13.0. The number of thioether (sulfide) groups is 1. The summed E-state index contributed by atoms with van der Waals surface area (Å²) < 4.78 is 45.5. The Labute approximate surface area is 172 Å². The lowest BCUT2D eigenvalue weighted by Gasteiger charge is -2.12. The largest absolute Gasteiger partial charge is 0.491 e. The van der Waals surface area contributed by atoms with Gasteiger partial charge in [-0.05, 0) is 37.3 Å². The van der Waals surface area contributed by atoms with Crippen molar-refractivity contribution in [3.05, 3.63) is 52.7 Å². The van der Waals surface area contributed by atoms with Gasteiger partial charge < -0.3 is 9.84 Å². The monoisotopic (exact) mass is 445 g/mol. The number of hydrogen-bond donors (Lipinski definition) is 1. The molecule has 0 spiro atoms. The highest BCUT2D eigenvalue weighted by molar-refractivity contribution is 7.99. The molecule has 0 bridgehead atoms. The number of aliphatic hydroxyl groups excluding tert-OH is 1. The van der Waals surface area contributed by atoms with E-state index < -0.39 is 17.8 Å². The summed E-state index contributed by atoms with van der Waals surface area (Å²) >= 11 is 6.89. The van der Waals surface area contributed by atoms with Crippen LogP contribution < -0.4 is 4.74 Å². The maximum Gasteiger partial charge on any atom is 0.417 e. The van der Waals surface area contributed by atoms with Gasteiger partial charge >= 0.3 is 6.18 Å². The molecule has 0 aliphatic rings. The summed E-state index contributed by atoms with van der Waals surface area (Å²) in [5, 5.41) is 17.7. The lowest BCUT2D eigenvalue weighted by Crippen LogP contribution is -2.20. The van der Waals surface area contributed by atoms with Gasteiger partial charge in [0.2, 0.25) is 0 Å². The minimum absolute atomic E-state index is 0.0439. The van der Waals surface area contributed by atoms with Crippen molar-refractivity contribution in [2.45, 2.75) is 24.4 Å². The molecule has 3 rings (SSSR count). The molecule has 0 radical (unpaired) electrons. The number of benzene rings is 1. The number of nitrogens with zero attached hydrogens (tertiary/aromatic N) is 3. The Balaban J connectivity index is 1.62. The Hall–Kier alpha value is -2.30. The second-order valence-electron chi connectivity index (χ2n) is 6.11. The summed E-state index contributed by atoms with van der Waals surface area (Å²) in [6.07, 6.45) is -4.61. The molecule has 0 aliphatic carbocycles. The molecule has 0 aliphatic heterocycles. The topological polar surface area (TPSA) is 76.7 Å².